The molecule has 2 saturated heterocycles. The Morgan fingerprint density at radius 3 is 2.80 bits per heavy atom. The zero-order valence-electron chi connectivity index (χ0n) is 14.8. The summed E-state index contributed by atoms with van der Waals surface area (Å²) in [5, 5.41) is 0. The molecule has 2 fully saturated rings. The molecule has 1 spiro atoms. The maximum Gasteiger partial charge on any atom is 0.222 e. The molecule has 0 bridgehead atoms. The van der Waals surface area contributed by atoms with Crippen molar-refractivity contribution in [2.24, 2.45) is 11.8 Å². The van der Waals surface area contributed by atoms with Crippen molar-refractivity contribution in [1.29, 1.82) is 0 Å². The van der Waals surface area contributed by atoms with Gasteiger partial charge in [-0.25, -0.2) is 8.42 Å². The van der Waals surface area contributed by atoms with Crippen LogP contribution in [-0.4, -0.2) is 54.4 Å². The second kappa shape index (κ2) is 7.03. The van der Waals surface area contributed by atoms with Crippen LogP contribution in [-0.2, 0) is 26.0 Å². The molecule has 1 atom stereocenters. The van der Waals surface area contributed by atoms with Gasteiger partial charge in [0.2, 0.25) is 5.91 Å². The van der Waals surface area contributed by atoms with Crippen LogP contribution in [0.1, 0.15) is 32.4 Å². The fourth-order valence-electron chi connectivity index (χ4n) is 3.75. The maximum atomic E-state index is 12.6. The number of amides is 1. The van der Waals surface area contributed by atoms with Crippen molar-refractivity contribution in [2.75, 3.05) is 25.4 Å². The predicted octanol–water partition coefficient (Wildman–Crippen LogP) is 1.66. The summed E-state index contributed by atoms with van der Waals surface area (Å²) < 4.78 is 30.1. The van der Waals surface area contributed by atoms with Gasteiger partial charge in [-0.15, -0.1) is 0 Å². The Hall–Kier alpha value is -1.47. The van der Waals surface area contributed by atoms with E-state index < -0.39 is 14.6 Å². The Balaban J connectivity index is 1.60. The summed E-state index contributed by atoms with van der Waals surface area (Å²) in [6.45, 7) is 5.39. The average molecular weight is 366 g/mol. The highest BCUT2D eigenvalue weighted by Gasteiger charge is 2.62. The molecule has 6 nitrogen and oxygen atoms in total. The van der Waals surface area contributed by atoms with E-state index in [0.29, 0.717) is 39.1 Å². The van der Waals surface area contributed by atoms with Gasteiger partial charge in [0.15, 0.2) is 9.84 Å². The molecule has 25 heavy (non-hydrogen) atoms. The number of hydrogen-bond donors (Lipinski definition) is 0. The standard InChI is InChI=1S/C18H26N2O4S/c1-14(2)9-17(21)20-12-18(13-20)15(6-8-25(18,22)23)10-24-11-16-5-3-4-7-19-16/h3-5,7,14-15H,6,8-13H2,1-2H3/t15-/m1/s1. The molecule has 2 aliphatic rings. The summed E-state index contributed by atoms with van der Waals surface area (Å²) in [5.74, 6) is 0.471. The van der Waals surface area contributed by atoms with Crippen molar-refractivity contribution >= 4 is 15.7 Å². The Kier molecular flexibility index (Phi) is 5.16. The van der Waals surface area contributed by atoms with Crippen LogP contribution in [0, 0.1) is 11.8 Å². The van der Waals surface area contributed by atoms with Gasteiger partial charge < -0.3 is 9.64 Å². The number of ether oxygens (including phenoxy) is 1. The van der Waals surface area contributed by atoms with E-state index in [2.05, 4.69) is 4.98 Å². The molecular formula is C18H26N2O4S. The lowest BCUT2D eigenvalue weighted by atomic mass is 9.83. The van der Waals surface area contributed by atoms with E-state index in [0.717, 1.165) is 5.69 Å². The van der Waals surface area contributed by atoms with E-state index in [1.54, 1.807) is 11.1 Å². The van der Waals surface area contributed by atoms with Crippen molar-refractivity contribution < 1.29 is 17.9 Å². The number of carbonyl (C=O) groups excluding carboxylic acids is 1. The van der Waals surface area contributed by atoms with Gasteiger partial charge in [-0.1, -0.05) is 19.9 Å². The smallest absolute Gasteiger partial charge is 0.222 e. The number of aromatic nitrogens is 1. The van der Waals surface area contributed by atoms with Gasteiger partial charge in [0.25, 0.3) is 0 Å². The van der Waals surface area contributed by atoms with Gasteiger partial charge >= 0.3 is 0 Å². The van der Waals surface area contributed by atoms with Gasteiger partial charge in [0.1, 0.15) is 4.75 Å². The van der Waals surface area contributed by atoms with Crippen molar-refractivity contribution in [3.05, 3.63) is 30.1 Å². The number of pyridine rings is 1. The first-order valence-corrected chi connectivity index (χ1v) is 10.5. The van der Waals surface area contributed by atoms with E-state index in [1.165, 1.54) is 0 Å². The van der Waals surface area contributed by atoms with Crippen LogP contribution in [0.15, 0.2) is 24.4 Å². The summed E-state index contributed by atoms with van der Waals surface area (Å²) in [7, 11) is -3.18. The monoisotopic (exact) mass is 366 g/mol. The first kappa shape index (κ1) is 18.3. The first-order valence-electron chi connectivity index (χ1n) is 8.82. The number of likely N-dealkylation sites (tertiary alicyclic amines) is 1. The Morgan fingerprint density at radius 1 is 1.40 bits per heavy atom. The van der Waals surface area contributed by atoms with Crippen LogP contribution in [0.4, 0.5) is 0 Å². The Morgan fingerprint density at radius 2 is 2.16 bits per heavy atom. The lowest BCUT2D eigenvalue weighted by Gasteiger charge is -2.50. The molecule has 0 aromatic carbocycles. The molecule has 1 aromatic heterocycles. The first-order chi connectivity index (χ1) is 11.8. The lowest BCUT2D eigenvalue weighted by molar-refractivity contribution is -0.138. The van der Waals surface area contributed by atoms with Gasteiger partial charge in [-0.2, -0.15) is 0 Å². The Bertz CT molecular complexity index is 712. The second-order valence-electron chi connectivity index (χ2n) is 7.55. The van der Waals surface area contributed by atoms with Crippen LogP contribution in [0.2, 0.25) is 0 Å². The van der Waals surface area contributed by atoms with Gasteiger partial charge in [0, 0.05) is 31.6 Å². The molecule has 0 N–H and O–H groups in total. The van der Waals surface area contributed by atoms with E-state index in [9.17, 15) is 13.2 Å². The topological polar surface area (TPSA) is 76.6 Å². The number of hydrogen-bond acceptors (Lipinski definition) is 5. The van der Waals surface area contributed by atoms with E-state index in [1.807, 2.05) is 32.0 Å². The van der Waals surface area contributed by atoms with Crippen LogP contribution in [0.25, 0.3) is 0 Å². The van der Waals surface area contributed by atoms with Crippen LogP contribution < -0.4 is 0 Å². The molecule has 0 radical (unpaired) electrons. The lowest BCUT2D eigenvalue weighted by Crippen LogP contribution is -2.68. The molecule has 3 heterocycles. The molecule has 0 unspecified atom stereocenters. The SMILES string of the molecule is CC(C)CC(=O)N1CC2(C1)[C@@H](COCc1ccccn1)CCS2(=O)=O. The number of rotatable bonds is 6. The zero-order chi connectivity index (χ0) is 18.1. The molecular weight excluding hydrogens is 340 g/mol. The third-order valence-electron chi connectivity index (χ3n) is 5.25. The van der Waals surface area contributed by atoms with Crippen LogP contribution in [0.5, 0.6) is 0 Å². The molecule has 138 valence electrons. The van der Waals surface area contributed by atoms with Crippen LogP contribution in [0.3, 0.4) is 0 Å². The zero-order valence-corrected chi connectivity index (χ0v) is 15.7. The molecule has 1 amide bonds. The normalized spacial score (nSPS) is 23.8. The number of carbonyl (C=O) groups is 1. The van der Waals surface area contributed by atoms with Crippen molar-refractivity contribution in [2.45, 2.75) is 38.0 Å². The van der Waals surface area contributed by atoms with Crippen molar-refractivity contribution in [3.8, 4) is 0 Å². The van der Waals surface area contributed by atoms with Gasteiger partial charge in [-0.3, -0.25) is 9.78 Å². The summed E-state index contributed by atoms with van der Waals surface area (Å²) in [5.41, 5.74) is 0.833. The van der Waals surface area contributed by atoms with E-state index in [-0.39, 0.29) is 23.5 Å². The molecule has 1 aromatic rings. The fourth-order valence-corrected chi connectivity index (χ4v) is 6.15. The Labute approximate surface area is 149 Å². The molecule has 0 aliphatic carbocycles. The molecule has 7 heteroatoms. The summed E-state index contributed by atoms with van der Waals surface area (Å²) >= 11 is 0. The van der Waals surface area contributed by atoms with E-state index in [4.69, 9.17) is 4.74 Å². The third kappa shape index (κ3) is 3.58. The van der Waals surface area contributed by atoms with Crippen molar-refractivity contribution in [3.63, 3.8) is 0 Å². The van der Waals surface area contributed by atoms with Gasteiger partial charge in [0.05, 0.1) is 24.7 Å². The minimum atomic E-state index is -3.18. The summed E-state index contributed by atoms with van der Waals surface area (Å²) in [6, 6.07) is 5.63. The summed E-state index contributed by atoms with van der Waals surface area (Å²) in [6.07, 6.45) is 2.79. The second-order valence-corrected chi connectivity index (χ2v) is 10.0. The minimum Gasteiger partial charge on any atom is -0.375 e. The fraction of sp³-hybridized carbons (Fsp3) is 0.667. The largest absolute Gasteiger partial charge is 0.375 e. The number of sulfone groups is 1. The molecule has 0 saturated carbocycles. The van der Waals surface area contributed by atoms with Crippen molar-refractivity contribution in [1.82, 2.24) is 9.88 Å². The average Bonchev–Trinajstić information content (AvgIpc) is 2.77. The molecule has 2 aliphatic heterocycles. The van der Waals surface area contributed by atoms with Crippen LogP contribution >= 0.6 is 0 Å². The highest BCUT2D eigenvalue weighted by Crippen LogP contribution is 2.45. The maximum absolute atomic E-state index is 12.6. The highest BCUT2D eigenvalue weighted by atomic mass is 32.2. The number of nitrogens with zero attached hydrogens (tertiary/aromatic N) is 2. The highest BCUT2D eigenvalue weighted by molar-refractivity contribution is 7.93. The van der Waals surface area contributed by atoms with Gasteiger partial charge in [-0.05, 0) is 24.5 Å². The predicted molar refractivity (Wildman–Crippen MR) is 94.6 cm³/mol. The third-order valence-corrected chi connectivity index (χ3v) is 7.85. The quantitative estimate of drug-likeness (QED) is 0.765. The van der Waals surface area contributed by atoms with E-state index >= 15 is 0 Å². The summed E-state index contributed by atoms with van der Waals surface area (Å²) in [4.78, 5) is 18.1. The molecule has 3 rings (SSSR count). The minimum absolute atomic E-state index is 0.0516.